The molecule has 1 amide bonds. The lowest BCUT2D eigenvalue weighted by molar-refractivity contribution is 0.0273. The smallest absolute Gasteiger partial charge is 0.410 e. The molecular formula is C14H18ClN3O2. The molecule has 20 heavy (non-hydrogen) atoms. The van der Waals surface area contributed by atoms with Gasteiger partial charge in [-0.15, -0.1) is 0 Å². The number of hydrogen-bond donors (Lipinski definition) is 0. The third-order valence-electron chi connectivity index (χ3n) is 2.71. The van der Waals surface area contributed by atoms with Crippen LogP contribution in [0.4, 0.5) is 4.79 Å². The summed E-state index contributed by atoms with van der Waals surface area (Å²) in [7, 11) is 0. The van der Waals surface area contributed by atoms with Gasteiger partial charge in [0.05, 0.1) is 11.6 Å². The van der Waals surface area contributed by atoms with Gasteiger partial charge in [-0.25, -0.2) is 14.8 Å². The van der Waals surface area contributed by atoms with Gasteiger partial charge in [0.25, 0.3) is 0 Å². The van der Waals surface area contributed by atoms with Crippen LogP contribution >= 0.6 is 11.6 Å². The van der Waals surface area contributed by atoms with Crippen molar-refractivity contribution in [1.82, 2.24) is 14.9 Å². The minimum atomic E-state index is -0.491. The van der Waals surface area contributed by atoms with Gasteiger partial charge in [0, 0.05) is 24.5 Å². The molecule has 108 valence electrons. The zero-order valence-corrected chi connectivity index (χ0v) is 12.6. The van der Waals surface area contributed by atoms with Gasteiger partial charge in [-0.1, -0.05) is 17.7 Å². The number of rotatable bonds is 1. The van der Waals surface area contributed by atoms with Crippen molar-refractivity contribution in [2.75, 3.05) is 13.1 Å². The van der Waals surface area contributed by atoms with E-state index in [0.29, 0.717) is 23.9 Å². The molecule has 0 spiro atoms. The Morgan fingerprint density at radius 3 is 2.60 bits per heavy atom. The number of hydrogen-bond acceptors (Lipinski definition) is 4. The first kappa shape index (κ1) is 14.8. The molecule has 0 saturated heterocycles. The van der Waals surface area contributed by atoms with Crippen LogP contribution in [0, 0.1) is 0 Å². The minimum absolute atomic E-state index is 0.308. The Hall–Kier alpha value is -1.62. The Kier molecular flexibility index (Phi) is 4.28. The SMILES string of the molecule is CC(C)(C)OC(=O)N1CCC=C(c2ncc(Cl)cn2)C1. The van der Waals surface area contributed by atoms with E-state index in [1.54, 1.807) is 17.3 Å². The third kappa shape index (κ3) is 3.93. The van der Waals surface area contributed by atoms with Crippen LogP contribution in [0.25, 0.3) is 5.57 Å². The second-order valence-corrected chi connectivity index (χ2v) is 6.08. The van der Waals surface area contributed by atoms with Gasteiger partial charge in [0.2, 0.25) is 0 Å². The van der Waals surface area contributed by atoms with Crippen molar-refractivity contribution in [3.63, 3.8) is 0 Å². The van der Waals surface area contributed by atoms with E-state index in [1.165, 1.54) is 0 Å². The molecule has 1 aliphatic rings. The molecule has 0 aliphatic carbocycles. The molecule has 6 heteroatoms. The molecule has 0 atom stereocenters. The average Bonchev–Trinajstić information content (AvgIpc) is 2.38. The van der Waals surface area contributed by atoms with Crippen molar-refractivity contribution in [1.29, 1.82) is 0 Å². The highest BCUT2D eigenvalue weighted by Crippen LogP contribution is 2.20. The van der Waals surface area contributed by atoms with Crippen LogP contribution in [0.2, 0.25) is 5.02 Å². The summed E-state index contributed by atoms with van der Waals surface area (Å²) >= 11 is 5.77. The Morgan fingerprint density at radius 1 is 1.35 bits per heavy atom. The first-order valence-corrected chi connectivity index (χ1v) is 6.88. The number of ether oxygens (including phenoxy) is 1. The number of carbonyl (C=O) groups excluding carboxylic acids is 1. The molecule has 5 nitrogen and oxygen atoms in total. The van der Waals surface area contributed by atoms with Gasteiger partial charge in [-0.2, -0.15) is 0 Å². The van der Waals surface area contributed by atoms with E-state index in [-0.39, 0.29) is 6.09 Å². The van der Waals surface area contributed by atoms with Crippen LogP contribution in [-0.4, -0.2) is 39.7 Å². The highest BCUT2D eigenvalue weighted by atomic mass is 35.5. The molecule has 0 radical (unpaired) electrons. The van der Waals surface area contributed by atoms with Gasteiger partial charge in [-0.3, -0.25) is 0 Å². The lowest BCUT2D eigenvalue weighted by atomic mass is 10.1. The maximum absolute atomic E-state index is 12.1. The van der Waals surface area contributed by atoms with Crippen molar-refractivity contribution in [2.45, 2.75) is 32.8 Å². The van der Waals surface area contributed by atoms with Crippen molar-refractivity contribution in [3.05, 3.63) is 29.3 Å². The van der Waals surface area contributed by atoms with E-state index < -0.39 is 5.60 Å². The predicted octanol–water partition coefficient (Wildman–Crippen LogP) is 3.15. The lowest BCUT2D eigenvalue weighted by Gasteiger charge is -2.29. The van der Waals surface area contributed by atoms with E-state index in [4.69, 9.17) is 16.3 Å². The van der Waals surface area contributed by atoms with Gasteiger partial charge >= 0.3 is 6.09 Å². The van der Waals surface area contributed by atoms with Crippen LogP contribution in [-0.2, 0) is 4.74 Å². The third-order valence-corrected chi connectivity index (χ3v) is 2.91. The Labute approximate surface area is 123 Å². The lowest BCUT2D eigenvalue weighted by Crippen LogP contribution is -2.39. The molecule has 0 unspecified atom stereocenters. The van der Waals surface area contributed by atoms with E-state index in [9.17, 15) is 4.79 Å². The van der Waals surface area contributed by atoms with Crippen LogP contribution in [0.1, 0.15) is 33.0 Å². The molecule has 0 N–H and O–H groups in total. The second kappa shape index (κ2) is 5.79. The van der Waals surface area contributed by atoms with Crippen molar-refractivity contribution < 1.29 is 9.53 Å². The minimum Gasteiger partial charge on any atom is -0.444 e. The fraction of sp³-hybridized carbons (Fsp3) is 0.500. The van der Waals surface area contributed by atoms with Crippen LogP contribution in [0.15, 0.2) is 18.5 Å². The maximum atomic E-state index is 12.1. The van der Waals surface area contributed by atoms with Gasteiger partial charge < -0.3 is 9.64 Å². The first-order chi connectivity index (χ1) is 9.35. The summed E-state index contributed by atoms with van der Waals surface area (Å²) in [6.45, 7) is 6.66. The fourth-order valence-electron chi connectivity index (χ4n) is 1.87. The number of aromatic nitrogens is 2. The summed E-state index contributed by atoms with van der Waals surface area (Å²) in [4.78, 5) is 22.1. The van der Waals surface area contributed by atoms with Crippen LogP contribution in [0.5, 0.6) is 0 Å². The zero-order chi connectivity index (χ0) is 14.8. The molecule has 2 heterocycles. The Bertz CT molecular complexity index is 520. The quantitative estimate of drug-likeness (QED) is 0.798. The van der Waals surface area contributed by atoms with Gasteiger partial charge in [0.1, 0.15) is 5.60 Å². The molecule has 1 aromatic rings. The number of nitrogens with zero attached hydrogens (tertiary/aromatic N) is 3. The normalized spacial score (nSPS) is 15.8. The summed E-state index contributed by atoms with van der Waals surface area (Å²) in [6, 6.07) is 0. The van der Waals surface area contributed by atoms with E-state index in [2.05, 4.69) is 9.97 Å². The standard InChI is InChI=1S/C14H18ClN3O2/c1-14(2,3)20-13(19)18-6-4-5-10(9-18)12-16-7-11(15)8-17-12/h5,7-8H,4,6,9H2,1-3H3. The van der Waals surface area contributed by atoms with Gasteiger partial charge in [0.15, 0.2) is 5.82 Å². The molecule has 1 aromatic heterocycles. The Balaban J connectivity index is 2.06. The zero-order valence-electron chi connectivity index (χ0n) is 11.9. The van der Waals surface area contributed by atoms with Crippen molar-refractivity contribution in [3.8, 4) is 0 Å². The topological polar surface area (TPSA) is 55.3 Å². The monoisotopic (exact) mass is 295 g/mol. The van der Waals surface area contributed by atoms with Gasteiger partial charge in [-0.05, 0) is 27.2 Å². The van der Waals surface area contributed by atoms with Crippen LogP contribution in [0.3, 0.4) is 0 Å². The van der Waals surface area contributed by atoms with Crippen molar-refractivity contribution in [2.24, 2.45) is 0 Å². The number of amides is 1. The van der Waals surface area contributed by atoms with E-state index >= 15 is 0 Å². The number of halogens is 1. The Morgan fingerprint density at radius 2 is 2.00 bits per heavy atom. The predicted molar refractivity (Wildman–Crippen MR) is 77.4 cm³/mol. The molecule has 0 saturated carbocycles. The number of carbonyl (C=O) groups is 1. The molecule has 0 aromatic carbocycles. The highest BCUT2D eigenvalue weighted by molar-refractivity contribution is 6.30. The summed E-state index contributed by atoms with van der Waals surface area (Å²) in [5.74, 6) is 0.600. The summed E-state index contributed by atoms with van der Waals surface area (Å²) < 4.78 is 5.38. The van der Waals surface area contributed by atoms with Crippen molar-refractivity contribution >= 4 is 23.3 Å². The van der Waals surface area contributed by atoms with E-state index in [0.717, 1.165) is 12.0 Å². The summed E-state index contributed by atoms with van der Waals surface area (Å²) in [6.07, 6.45) is 5.61. The van der Waals surface area contributed by atoms with E-state index in [1.807, 2.05) is 26.8 Å². The summed E-state index contributed by atoms with van der Waals surface area (Å²) in [5, 5.41) is 0.495. The molecule has 1 aliphatic heterocycles. The largest absolute Gasteiger partial charge is 0.444 e. The summed E-state index contributed by atoms with van der Waals surface area (Å²) in [5.41, 5.74) is 0.425. The maximum Gasteiger partial charge on any atom is 0.410 e. The first-order valence-electron chi connectivity index (χ1n) is 6.50. The fourth-order valence-corrected chi connectivity index (χ4v) is 1.96. The average molecular weight is 296 g/mol. The molecule has 0 fully saturated rings. The van der Waals surface area contributed by atoms with Crippen LogP contribution < -0.4 is 0 Å². The molecular weight excluding hydrogens is 278 g/mol. The molecule has 2 rings (SSSR count). The second-order valence-electron chi connectivity index (χ2n) is 5.64. The molecule has 0 bridgehead atoms. The highest BCUT2D eigenvalue weighted by Gasteiger charge is 2.25.